The van der Waals surface area contributed by atoms with Gasteiger partial charge in [-0.1, -0.05) is 0 Å². The number of aromatic nitrogens is 4. The minimum absolute atomic E-state index is 0.103. The van der Waals surface area contributed by atoms with Gasteiger partial charge in [-0.25, -0.2) is 13.8 Å². The fourth-order valence-corrected chi connectivity index (χ4v) is 4.96. The zero-order valence-electron chi connectivity index (χ0n) is 20.8. The van der Waals surface area contributed by atoms with Crippen molar-refractivity contribution in [1.82, 2.24) is 24.8 Å². The van der Waals surface area contributed by atoms with E-state index in [0.29, 0.717) is 13.0 Å². The summed E-state index contributed by atoms with van der Waals surface area (Å²) in [5.41, 5.74) is 2.65. The van der Waals surface area contributed by atoms with Gasteiger partial charge >= 0.3 is 12.2 Å². The zero-order chi connectivity index (χ0) is 27.2. The first-order valence-corrected chi connectivity index (χ1v) is 12.2. The van der Waals surface area contributed by atoms with Gasteiger partial charge in [0.25, 0.3) is 0 Å². The summed E-state index contributed by atoms with van der Waals surface area (Å²) in [5.74, 6) is -1.54. The molecule has 1 unspecified atom stereocenters. The Balaban J connectivity index is 1.66. The number of nitrogen functional groups attached to an aromatic ring is 1. The number of pyridine rings is 2. The van der Waals surface area contributed by atoms with Gasteiger partial charge in [0.2, 0.25) is 0 Å². The lowest BCUT2D eigenvalue weighted by molar-refractivity contribution is -0.137. The average Bonchev–Trinajstić information content (AvgIpc) is 3.26. The summed E-state index contributed by atoms with van der Waals surface area (Å²) in [6.45, 7) is 2.66. The number of alkyl halides is 3. The molecule has 0 bridgehead atoms. The normalized spacial score (nSPS) is 18.8. The van der Waals surface area contributed by atoms with Gasteiger partial charge in [0.15, 0.2) is 5.82 Å². The van der Waals surface area contributed by atoms with E-state index in [4.69, 9.17) is 10.5 Å². The lowest BCUT2D eigenvalue weighted by Crippen LogP contribution is -2.32. The maximum absolute atomic E-state index is 16.0. The van der Waals surface area contributed by atoms with Crippen LogP contribution in [-0.4, -0.2) is 64.2 Å². The van der Waals surface area contributed by atoms with Gasteiger partial charge in [0.1, 0.15) is 41.0 Å². The number of nitrogens with zero attached hydrogens (tertiary/aromatic N) is 6. The predicted octanol–water partition coefficient (Wildman–Crippen LogP) is 4.67. The van der Waals surface area contributed by atoms with Crippen LogP contribution >= 0.6 is 0 Å². The average molecular weight is 536 g/mol. The van der Waals surface area contributed by atoms with Crippen molar-refractivity contribution in [2.75, 3.05) is 43.9 Å². The highest BCUT2D eigenvalue weighted by Gasteiger charge is 2.38. The molecule has 0 saturated carbocycles. The Hall–Kier alpha value is -3.61. The minimum atomic E-state index is -4.83. The second-order valence-electron chi connectivity index (χ2n) is 9.55. The van der Waals surface area contributed by atoms with Gasteiger partial charge in [-0.3, -0.25) is 4.98 Å². The molecule has 0 radical (unpaired) electrons. The van der Waals surface area contributed by atoms with E-state index < -0.39 is 28.9 Å². The molecule has 5 heterocycles. The van der Waals surface area contributed by atoms with Crippen LogP contribution in [0.5, 0.6) is 6.01 Å². The molecule has 0 aromatic carbocycles. The lowest BCUT2D eigenvalue weighted by atomic mass is 10.0. The standard InChI is InChI=1S/C25H26F5N7O/c1-13-9-17(31)33-21(18(13)25(28,29)30)22-19(27)20-16(10-32-22)23(37-8-3-5-14(26)11-37)35-24(34-20)38-12-15-6-4-7-36(15)2/h5,9-10,15H,3-4,6-8,11-12H2,1-2H3,(H2,31,33). The first-order chi connectivity index (χ1) is 18.0. The van der Waals surface area contributed by atoms with E-state index in [1.54, 1.807) is 4.90 Å². The first-order valence-electron chi connectivity index (χ1n) is 12.2. The number of hydrogen-bond donors (Lipinski definition) is 1. The van der Waals surface area contributed by atoms with Gasteiger partial charge in [0.05, 0.1) is 17.5 Å². The third-order valence-corrected chi connectivity index (χ3v) is 6.87. The topological polar surface area (TPSA) is 93.3 Å². The summed E-state index contributed by atoms with van der Waals surface area (Å²) >= 11 is 0. The van der Waals surface area contributed by atoms with Crippen molar-refractivity contribution in [1.29, 1.82) is 0 Å². The maximum atomic E-state index is 16.0. The minimum Gasteiger partial charge on any atom is -0.462 e. The van der Waals surface area contributed by atoms with E-state index in [1.165, 1.54) is 19.2 Å². The molecule has 5 rings (SSSR count). The monoisotopic (exact) mass is 535 g/mol. The highest BCUT2D eigenvalue weighted by molar-refractivity contribution is 5.92. The van der Waals surface area contributed by atoms with E-state index in [9.17, 15) is 17.6 Å². The Morgan fingerprint density at radius 1 is 1.13 bits per heavy atom. The molecule has 3 aromatic heterocycles. The van der Waals surface area contributed by atoms with Crippen LogP contribution in [0.3, 0.4) is 0 Å². The second-order valence-corrected chi connectivity index (χ2v) is 9.55. The quantitative estimate of drug-likeness (QED) is 0.471. The molecule has 1 saturated heterocycles. The van der Waals surface area contributed by atoms with E-state index in [1.807, 2.05) is 7.05 Å². The van der Waals surface area contributed by atoms with Crippen LogP contribution < -0.4 is 15.4 Å². The highest BCUT2D eigenvalue weighted by atomic mass is 19.4. The van der Waals surface area contributed by atoms with E-state index >= 15 is 4.39 Å². The molecule has 1 fully saturated rings. The van der Waals surface area contributed by atoms with Crippen molar-refractivity contribution in [2.24, 2.45) is 0 Å². The van der Waals surface area contributed by atoms with Crippen LogP contribution in [0.1, 0.15) is 30.4 Å². The Labute approximate surface area is 215 Å². The van der Waals surface area contributed by atoms with Gasteiger partial charge in [-0.05, 0) is 57.5 Å². The number of rotatable bonds is 5. The van der Waals surface area contributed by atoms with Crippen LogP contribution in [0.4, 0.5) is 33.6 Å². The molecular weight excluding hydrogens is 509 g/mol. The van der Waals surface area contributed by atoms with E-state index in [2.05, 4.69) is 24.8 Å². The van der Waals surface area contributed by atoms with Crippen LogP contribution in [0, 0.1) is 12.7 Å². The number of halogens is 5. The summed E-state index contributed by atoms with van der Waals surface area (Å²) in [5, 5.41) is 0.112. The molecule has 0 amide bonds. The molecule has 2 aliphatic heterocycles. The van der Waals surface area contributed by atoms with Crippen molar-refractivity contribution in [3.8, 4) is 17.4 Å². The van der Waals surface area contributed by atoms with Gasteiger partial charge in [0, 0.05) is 18.8 Å². The van der Waals surface area contributed by atoms with Crippen LogP contribution in [0.2, 0.25) is 0 Å². The third-order valence-electron chi connectivity index (χ3n) is 6.87. The smallest absolute Gasteiger partial charge is 0.418 e. The number of anilines is 2. The number of likely N-dealkylation sites (N-methyl/N-ethyl adjacent to an activating group) is 1. The Kier molecular flexibility index (Phi) is 6.80. The maximum Gasteiger partial charge on any atom is 0.418 e. The van der Waals surface area contributed by atoms with Crippen LogP contribution in [-0.2, 0) is 6.18 Å². The highest BCUT2D eigenvalue weighted by Crippen LogP contribution is 2.40. The molecule has 0 spiro atoms. The Bertz CT molecular complexity index is 1410. The third kappa shape index (κ3) is 4.94. The van der Waals surface area contributed by atoms with Crippen molar-refractivity contribution >= 4 is 22.5 Å². The number of likely N-dealkylation sites (tertiary alicyclic amines) is 1. The molecule has 38 heavy (non-hydrogen) atoms. The largest absolute Gasteiger partial charge is 0.462 e. The number of fused-ring (bicyclic) bond motifs is 1. The number of ether oxygens (including phenoxy) is 1. The molecule has 202 valence electrons. The van der Waals surface area contributed by atoms with Gasteiger partial charge in [-0.2, -0.15) is 23.1 Å². The fourth-order valence-electron chi connectivity index (χ4n) is 4.96. The molecule has 2 aliphatic rings. The fraction of sp³-hybridized carbons (Fsp3) is 0.440. The van der Waals surface area contributed by atoms with Crippen LogP contribution in [0.15, 0.2) is 24.2 Å². The van der Waals surface area contributed by atoms with E-state index in [-0.39, 0.29) is 59.1 Å². The first kappa shape index (κ1) is 26.0. The van der Waals surface area contributed by atoms with Gasteiger partial charge < -0.3 is 20.3 Å². The second kappa shape index (κ2) is 9.93. The summed E-state index contributed by atoms with van der Waals surface area (Å²) < 4.78 is 77.8. The molecule has 2 N–H and O–H groups in total. The molecule has 3 aromatic rings. The van der Waals surface area contributed by atoms with Crippen molar-refractivity contribution < 1.29 is 26.7 Å². The molecule has 0 aliphatic carbocycles. The summed E-state index contributed by atoms with van der Waals surface area (Å²) in [6.07, 6.45) is 0.105. The summed E-state index contributed by atoms with van der Waals surface area (Å²) in [6, 6.07) is 1.02. The number of aryl methyl sites for hydroxylation is 1. The Morgan fingerprint density at radius 3 is 2.61 bits per heavy atom. The number of nitrogens with two attached hydrogens (primary N) is 1. The zero-order valence-corrected chi connectivity index (χ0v) is 20.8. The predicted molar refractivity (Wildman–Crippen MR) is 132 cm³/mol. The molecule has 13 heteroatoms. The number of hydrogen-bond acceptors (Lipinski definition) is 8. The van der Waals surface area contributed by atoms with Crippen molar-refractivity contribution in [2.45, 2.75) is 38.4 Å². The molecule has 8 nitrogen and oxygen atoms in total. The molecule has 1 atom stereocenters. The molecular formula is C25H26F5N7O. The summed E-state index contributed by atoms with van der Waals surface area (Å²) in [4.78, 5) is 20.2. The van der Waals surface area contributed by atoms with Crippen molar-refractivity contribution in [3.05, 3.63) is 41.1 Å². The SMILES string of the molecule is Cc1cc(N)nc(-c2ncc3c(N4CCC=C(F)C4)nc(OCC4CCCN4C)nc3c2F)c1C(F)(F)F. The van der Waals surface area contributed by atoms with E-state index in [0.717, 1.165) is 25.5 Å². The van der Waals surface area contributed by atoms with Gasteiger partial charge in [-0.15, -0.1) is 0 Å². The van der Waals surface area contributed by atoms with Crippen molar-refractivity contribution in [3.63, 3.8) is 0 Å². The Morgan fingerprint density at radius 2 is 1.92 bits per heavy atom. The summed E-state index contributed by atoms with van der Waals surface area (Å²) in [7, 11) is 1.97. The lowest BCUT2D eigenvalue weighted by Gasteiger charge is -2.27. The van der Waals surface area contributed by atoms with Crippen LogP contribution in [0.25, 0.3) is 22.3 Å².